The molecule has 1 saturated heterocycles. The number of carbonyl (C=O) groups excluding carboxylic acids is 1. The Morgan fingerprint density at radius 1 is 1.22 bits per heavy atom. The Kier molecular flexibility index (Phi) is 4.61. The fraction of sp³-hybridized carbons (Fsp3) is 0.909. The summed E-state index contributed by atoms with van der Waals surface area (Å²) < 4.78 is 38.0. The lowest BCUT2D eigenvalue weighted by Crippen LogP contribution is -2.64. The molecule has 0 aromatic heterocycles. The largest absolute Gasteiger partial charge is 0.415 e. The topological polar surface area (TPSA) is 49.6 Å². The maximum Gasteiger partial charge on any atom is 0.415 e. The molecule has 0 radical (unpaired) electrons. The lowest BCUT2D eigenvalue weighted by atomic mass is 10.0. The highest BCUT2D eigenvalue weighted by molar-refractivity contribution is 5.86. The molecule has 7 heteroatoms. The van der Waals surface area contributed by atoms with Gasteiger partial charge < -0.3 is 10.6 Å². The molecule has 1 aliphatic heterocycles. The van der Waals surface area contributed by atoms with Crippen LogP contribution in [0.25, 0.3) is 0 Å². The van der Waals surface area contributed by atoms with Gasteiger partial charge in [-0.3, -0.25) is 9.69 Å². The standard InChI is InChI=1S/C11H20F3N3O/c1-3-4-16-5-7-17(8-6-16)9(18)10(2,15)11(12,13)14/h3-8,15H2,1-2H3. The van der Waals surface area contributed by atoms with Gasteiger partial charge in [-0.2, -0.15) is 13.2 Å². The summed E-state index contributed by atoms with van der Waals surface area (Å²) in [6.45, 7) is 5.50. The van der Waals surface area contributed by atoms with Crippen LogP contribution in [0.3, 0.4) is 0 Å². The lowest BCUT2D eigenvalue weighted by molar-refractivity contribution is -0.194. The predicted octanol–water partition coefficient (Wildman–Crippen LogP) is 0.820. The number of alkyl halides is 3. The number of nitrogens with zero attached hydrogens (tertiary/aromatic N) is 2. The van der Waals surface area contributed by atoms with E-state index in [0.717, 1.165) is 19.9 Å². The van der Waals surface area contributed by atoms with Crippen molar-refractivity contribution in [3.63, 3.8) is 0 Å². The molecule has 0 aromatic rings. The van der Waals surface area contributed by atoms with E-state index in [9.17, 15) is 18.0 Å². The van der Waals surface area contributed by atoms with Gasteiger partial charge in [-0.15, -0.1) is 0 Å². The minimum absolute atomic E-state index is 0.307. The van der Waals surface area contributed by atoms with E-state index >= 15 is 0 Å². The van der Waals surface area contributed by atoms with Crippen molar-refractivity contribution in [2.45, 2.75) is 32.0 Å². The number of rotatable bonds is 3. The van der Waals surface area contributed by atoms with Crippen molar-refractivity contribution in [1.29, 1.82) is 0 Å². The van der Waals surface area contributed by atoms with Crippen LogP contribution in [0.1, 0.15) is 20.3 Å². The molecule has 18 heavy (non-hydrogen) atoms. The second-order valence-corrected chi connectivity index (χ2v) is 4.83. The van der Waals surface area contributed by atoms with Crippen LogP contribution < -0.4 is 5.73 Å². The van der Waals surface area contributed by atoms with Gasteiger partial charge in [0.1, 0.15) is 0 Å². The molecule has 1 atom stereocenters. The van der Waals surface area contributed by atoms with Gasteiger partial charge in [0.2, 0.25) is 0 Å². The highest BCUT2D eigenvalue weighted by Crippen LogP contribution is 2.29. The van der Waals surface area contributed by atoms with Gasteiger partial charge in [-0.25, -0.2) is 0 Å². The Balaban J connectivity index is 2.60. The minimum Gasteiger partial charge on any atom is -0.338 e. The molecule has 0 aliphatic carbocycles. The Morgan fingerprint density at radius 3 is 2.11 bits per heavy atom. The average molecular weight is 267 g/mol. The van der Waals surface area contributed by atoms with Crippen LogP contribution in [0.4, 0.5) is 13.2 Å². The van der Waals surface area contributed by atoms with E-state index in [1.54, 1.807) is 0 Å². The Labute approximate surface area is 105 Å². The van der Waals surface area contributed by atoms with E-state index in [4.69, 9.17) is 5.73 Å². The van der Waals surface area contributed by atoms with Gasteiger partial charge in [0.15, 0.2) is 5.54 Å². The van der Waals surface area contributed by atoms with Crippen molar-refractivity contribution in [2.75, 3.05) is 32.7 Å². The van der Waals surface area contributed by atoms with E-state index in [-0.39, 0.29) is 0 Å². The first-order valence-corrected chi connectivity index (χ1v) is 6.07. The Bertz CT molecular complexity index is 296. The van der Waals surface area contributed by atoms with Crippen LogP contribution in [-0.4, -0.2) is 60.1 Å². The summed E-state index contributed by atoms with van der Waals surface area (Å²) in [5.74, 6) is -1.04. The maximum atomic E-state index is 12.7. The van der Waals surface area contributed by atoms with Crippen LogP contribution >= 0.6 is 0 Å². The summed E-state index contributed by atoms with van der Waals surface area (Å²) in [4.78, 5) is 15.1. The first-order valence-electron chi connectivity index (χ1n) is 6.07. The van der Waals surface area contributed by atoms with Gasteiger partial charge >= 0.3 is 6.18 Å². The molecule has 106 valence electrons. The summed E-state index contributed by atoms with van der Waals surface area (Å²) in [5, 5.41) is 0. The summed E-state index contributed by atoms with van der Waals surface area (Å²) in [5.41, 5.74) is 2.34. The molecule has 0 spiro atoms. The van der Waals surface area contributed by atoms with E-state index in [1.165, 1.54) is 4.90 Å². The fourth-order valence-corrected chi connectivity index (χ4v) is 1.94. The van der Waals surface area contributed by atoms with Gasteiger partial charge in [-0.1, -0.05) is 6.92 Å². The van der Waals surface area contributed by atoms with Crippen LogP contribution in [0, 0.1) is 0 Å². The van der Waals surface area contributed by atoms with Crippen LogP contribution in [-0.2, 0) is 4.79 Å². The number of hydrogen-bond donors (Lipinski definition) is 1. The summed E-state index contributed by atoms with van der Waals surface area (Å²) in [7, 11) is 0. The fourth-order valence-electron chi connectivity index (χ4n) is 1.94. The minimum atomic E-state index is -4.72. The third-order valence-corrected chi connectivity index (χ3v) is 3.23. The number of carbonyl (C=O) groups is 1. The van der Waals surface area contributed by atoms with E-state index < -0.39 is 17.6 Å². The molecule has 0 saturated carbocycles. The summed E-state index contributed by atoms with van der Waals surface area (Å²) in [6.07, 6.45) is -3.73. The zero-order valence-electron chi connectivity index (χ0n) is 10.8. The lowest BCUT2D eigenvalue weighted by Gasteiger charge is -2.38. The highest BCUT2D eigenvalue weighted by atomic mass is 19.4. The zero-order valence-corrected chi connectivity index (χ0v) is 10.8. The molecule has 1 fully saturated rings. The first kappa shape index (κ1) is 15.2. The first-order chi connectivity index (χ1) is 8.20. The number of halogens is 3. The van der Waals surface area contributed by atoms with Gasteiger partial charge in [-0.05, 0) is 19.9 Å². The number of hydrogen-bond acceptors (Lipinski definition) is 3. The molecule has 1 unspecified atom stereocenters. The second kappa shape index (κ2) is 5.44. The summed E-state index contributed by atoms with van der Waals surface area (Å²) in [6, 6.07) is 0. The van der Waals surface area contributed by atoms with Crippen molar-refractivity contribution >= 4 is 5.91 Å². The van der Waals surface area contributed by atoms with Crippen molar-refractivity contribution in [3.8, 4) is 0 Å². The monoisotopic (exact) mass is 267 g/mol. The molecule has 1 aliphatic rings. The third-order valence-electron chi connectivity index (χ3n) is 3.23. The highest BCUT2D eigenvalue weighted by Gasteiger charge is 2.55. The molecule has 2 N–H and O–H groups in total. The molecular formula is C11H20F3N3O. The van der Waals surface area contributed by atoms with Gasteiger partial charge in [0.05, 0.1) is 0 Å². The zero-order chi connectivity index (χ0) is 14.0. The van der Waals surface area contributed by atoms with Crippen molar-refractivity contribution < 1.29 is 18.0 Å². The Morgan fingerprint density at radius 2 is 1.72 bits per heavy atom. The smallest absolute Gasteiger partial charge is 0.338 e. The number of amides is 1. The molecule has 0 aromatic carbocycles. The SMILES string of the molecule is CCCN1CCN(C(=O)C(C)(N)C(F)(F)F)CC1. The predicted molar refractivity (Wildman–Crippen MR) is 62.0 cm³/mol. The molecular weight excluding hydrogens is 247 g/mol. The van der Waals surface area contributed by atoms with Crippen molar-refractivity contribution in [1.82, 2.24) is 9.80 Å². The number of nitrogens with two attached hydrogens (primary N) is 1. The molecule has 1 amide bonds. The summed E-state index contributed by atoms with van der Waals surface area (Å²) >= 11 is 0. The van der Waals surface area contributed by atoms with Crippen LogP contribution in [0.15, 0.2) is 0 Å². The molecule has 1 heterocycles. The van der Waals surface area contributed by atoms with Crippen LogP contribution in [0.5, 0.6) is 0 Å². The van der Waals surface area contributed by atoms with E-state index in [0.29, 0.717) is 26.2 Å². The average Bonchev–Trinajstić information content (AvgIpc) is 2.28. The van der Waals surface area contributed by atoms with Gasteiger partial charge in [0, 0.05) is 26.2 Å². The third kappa shape index (κ3) is 3.14. The number of piperazine rings is 1. The molecule has 1 rings (SSSR count). The van der Waals surface area contributed by atoms with E-state index in [2.05, 4.69) is 4.90 Å². The molecule has 4 nitrogen and oxygen atoms in total. The van der Waals surface area contributed by atoms with Gasteiger partial charge in [0.25, 0.3) is 5.91 Å². The maximum absolute atomic E-state index is 12.7. The molecule has 0 bridgehead atoms. The van der Waals surface area contributed by atoms with Crippen molar-refractivity contribution in [2.24, 2.45) is 5.73 Å². The second-order valence-electron chi connectivity index (χ2n) is 4.83. The normalized spacial score (nSPS) is 21.8. The Hall–Kier alpha value is -0.820. The van der Waals surface area contributed by atoms with Crippen molar-refractivity contribution in [3.05, 3.63) is 0 Å². The van der Waals surface area contributed by atoms with Crippen LogP contribution in [0.2, 0.25) is 0 Å². The van der Waals surface area contributed by atoms with E-state index in [1.807, 2.05) is 6.92 Å². The quantitative estimate of drug-likeness (QED) is 0.823.